The van der Waals surface area contributed by atoms with Gasteiger partial charge in [0.25, 0.3) is 0 Å². The summed E-state index contributed by atoms with van der Waals surface area (Å²) in [6.07, 6.45) is 3.58. The summed E-state index contributed by atoms with van der Waals surface area (Å²) < 4.78 is 43.4. The maximum Gasteiger partial charge on any atom is 0.391 e. The molecule has 1 N–H and O–H groups in total. The van der Waals surface area contributed by atoms with Crippen molar-refractivity contribution in [2.75, 3.05) is 12.4 Å². The Morgan fingerprint density at radius 2 is 2.04 bits per heavy atom. The van der Waals surface area contributed by atoms with Crippen LogP contribution in [0.1, 0.15) is 31.2 Å². The number of carbonyl (C=O) groups is 1. The van der Waals surface area contributed by atoms with Gasteiger partial charge in [-0.2, -0.15) is 13.2 Å². The van der Waals surface area contributed by atoms with Crippen LogP contribution in [0.2, 0.25) is 0 Å². The van der Waals surface area contributed by atoms with Crippen LogP contribution in [-0.2, 0) is 4.79 Å². The number of aromatic nitrogens is 1. The molecule has 0 bridgehead atoms. The summed E-state index contributed by atoms with van der Waals surface area (Å²) in [6.45, 7) is 3.38. The van der Waals surface area contributed by atoms with E-state index in [9.17, 15) is 18.0 Å². The third-order valence-electron chi connectivity index (χ3n) is 4.34. The number of hydrogen-bond donors (Lipinski definition) is 1. The van der Waals surface area contributed by atoms with Crippen LogP contribution in [0.25, 0.3) is 6.08 Å². The molecule has 136 valence electrons. The first-order valence-corrected chi connectivity index (χ1v) is 8.06. The van der Waals surface area contributed by atoms with Crippen LogP contribution < -0.4 is 10.1 Å². The summed E-state index contributed by atoms with van der Waals surface area (Å²) in [5.74, 6) is -0.586. The molecule has 4 nitrogen and oxygen atoms in total. The van der Waals surface area contributed by atoms with Gasteiger partial charge in [0, 0.05) is 5.56 Å². The van der Waals surface area contributed by atoms with Crippen molar-refractivity contribution in [1.82, 2.24) is 4.98 Å². The van der Waals surface area contributed by atoms with Crippen LogP contribution in [0, 0.1) is 11.8 Å². The van der Waals surface area contributed by atoms with Crippen LogP contribution >= 0.6 is 0 Å². The van der Waals surface area contributed by atoms with E-state index in [2.05, 4.69) is 16.9 Å². The second-order valence-electron chi connectivity index (χ2n) is 6.02. The number of allylic oxidation sites excluding steroid dienone is 1. The van der Waals surface area contributed by atoms with Crippen LogP contribution in [-0.4, -0.2) is 24.2 Å². The Morgan fingerprint density at radius 1 is 1.36 bits per heavy atom. The molecule has 1 amide bonds. The molecule has 0 saturated heterocycles. The van der Waals surface area contributed by atoms with E-state index in [1.54, 1.807) is 6.07 Å². The highest BCUT2D eigenvalue weighted by molar-refractivity contribution is 5.98. The number of anilines is 1. The number of carbonyl (C=O) groups excluding carboxylic acids is 1. The van der Waals surface area contributed by atoms with Crippen LogP contribution in [0.15, 0.2) is 31.0 Å². The van der Waals surface area contributed by atoms with Crippen molar-refractivity contribution < 1.29 is 22.7 Å². The molecule has 1 aromatic rings. The average Bonchev–Trinajstić information content (AvgIpc) is 2.59. The summed E-state index contributed by atoms with van der Waals surface area (Å²) in [5, 5.41) is 2.56. The van der Waals surface area contributed by atoms with Gasteiger partial charge in [-0.25, -0.2) is 4.98 Å². The Bertz CT molecular complexity index is 648. The number of halogens is 3. The number of hydrogen-bond acceptors (Lipinski definition) is 3. The topological polar surface area (TPSA) is 51.2 Å². The van der Waals surface area contributed by atoms with Gasteiger partial charge in [-0.05, 0) is 43.7 Å². The third kappa shape index (κ3) is 5.34. The lowest BCUT2D eigenvalue weighted by atomic mass is 9.81. The molecule has 1 aliphatic rings. The molecule has 25 heavy (non-hydrogen) atoms. The van der Waals surface area contributed by atoms with Crippen molar-refractivity contribution in [3.63, 3.8) is 0 Å². The minimum atomic E-state index is -4.10. The van der Waals surface area contributed by atoms with Gasteiger partial charge in [0.05, 0.1) is 19.2 Å². The number of ether oxygens (including phenoxy) is 1. The number of methoxy groups -OCH3 is 1. The van der Waals surface area contributed by atoms with Crippen LogP contribution in [0.4, 0.5) is 19.0 Å². The van der Waals surface area contributed by atoms with E-state index >= 15 is 0 Å². The Morgan fingerprint density at radius 3 is 2.60 bits per heavy atom. The fourth-order valence-electron chi connectivity index (χ4n) is 2.88. The van der Waals surface area contributed by atoms with Crippen molar-refractivity contribution in [1.29, 1.82) is 0 Å². The first kappa shape index (κ1) is 19.0. The predicted octanol–water partition coefficient (Wildman–Crippen LogP) is 4.60. The quantitative estimate of drug-likeness (QED) is 0.787. The van der Waals surface area contributed by atoms with Crippen LogP contribution in [0.5, 0.6) is 5.75 Å². The van der Waals surface area contributed by atoms with Gasteiger partial charge in [0.2, 0.25) is 5.91 Å². The predicted molar refractivity (Wildman–Crippen MR) is 90.2 cm³/mol. The number of nitrogens with zero attached hydrogens (tertiary/aromatic N) is 1. The molecule has 0 aromatic carbocycles. The van der Waals surface area contributed by atoms with E-state index in [1.165, 1.54) is 13.3 Å². The summed E-state index contributed by atoms with van der Waals surface area (Å²) in [7, 11) is 1.50. The molecule has 7 heteroatoms. The molecular weight excluding hydrogens is 333 g/mol. The summed E-state index contributed by atoms with van der Waals surface area (Å²) >= 11 is 0. The standard InChI is InChI=1S/C18H21F3N2O2/c1-3-17(24)23-16-10-13(15(25-2)11-22-16)7-4-12-5-8-14(9-6-12)18(19,20)21/h3-4,7,10-12,14H,1,5-6,8-9H2,2H3,(H,22,23,24)/b7-4+. The van der Waals surface area contributed by atoms with Crippen molar-refractivity contribution in [3.8, 4) is 5.75 Å². The van der Waals surface area contributed by atoms with E-state index in [-0.39, 0.29) is 24.7 Å². The van der Waals surface area contributed by atoms with Gasteiger partial charge in [0.15, 0.2) is 0 Å². The molecule has 0 atom stereocenters. The molecule has 0 unspecified atom stereocenters. The van der Waals surface area contributed by atoms with Crippen molar-refractivity contribution in [2.24, 2.45) is 11.8 Å². The van der Waals surface area contributed by atoms with E-state index in [4.69, 9.17) is 4.74 Å². The number of nitrogens with one attached hydrogen (secondary N) is 1. The molecule has 1 fully saturated rings. The Hall–Kier alpha value is -2.31. The number of alkyl halides is 3. The van der Waals surface area contributed by atoms with Gasteiger partial charge in [0.1, 0.15) is 11.6 Å². The van der Waals surface area contributed by atoms with E-state index in [0.29, 0.717) is 30.0 Å². The molecule has 1 saturated carbocycles. The maximum atomic E-state index is 12.7. The highest BCUT2D eigenvalue weighted by atomic mass is 19.4. The molecule has 1 heterocycles. The lowest BCUT2D eigenvalue weighted by molar-refractivity contribution is -0.183. The third-order valence-corrected chi connectivity index (χ3v) is 4.34. The highest BCUT2D eigenvalue weighted by Gasteiger charge is 2.40. The second kappa shape index (κ2) is 8.18. The molecule has 2 rings (SSSR count). The minimum absolute atomic E-state index is 0.0997. The largest absolute Gasteiger partial charge is 0.495 e. The van der Waals surface area contributed by atoms with Gasteiger partial charge in [-0.15, -0.1) is 0 Å². The Kier molecular flexibility index (Phi) is 6.22. The number of pyridine rings is 1. The smallest absolute Gasteiger partial charge is 0.391 e. The lowest BCUT2D eigenvalue weighted by Crippen LogP contribution is -2.27. The summed E-state index contributed by atoms with van der Waals surface area (Å²) in [5.41, 5.74) is 0.704. The molecule has 1 aliphatic carbocycles. The fourth-order valence-corrected chi connectivity index (χ4v) is 2.88. The van der Waals surface area contributed by atoms with Crippen molar-refractivity contribution in [3.05, 3.63) is 36.6 Å². The zero-order valence-corrected chi connectivity index (χ0v) is 14.0. The van der Waals surface area contributed by atoms with Crippen molar-refractivity contribution in [2.45, 2.75) is 31.9 Å². The maximum absolute atomic E-state index is 12.7. The number of amides is 1. The molecular formula is C18H21F3N2O2. The Labute approximate surface area is 144 Å². The Balaban J connectivity index is 2.05. The second-order valence-corrected chi connectivity index (χ2v) is 6.02. The fraction of sp³-hybridized carbons (Fsp3) is 0.444. The average molecular weight is 354 g/mol. The van der Waals surface area contributed by atoms with Gasteiger partial charge >= 0.3 is 6.18 Å². The summed E-state index contributed by atoms with van der Waals surface area (Å²) in [6, 6.07) is 1.65. The van der Waals surface area contributed by atoms with Gasteiger partial charge in [-0.1, -0.05) is 18.7 Å². The van der Waals surface area contributed by atoms with E-state index < -0.39 is 12.1 Å². The molecule has 0 aliphatic heterocycles. The SMILES string of the molecule is C=CC(=O)Nc1cc(/C=C/C2CCC(C(F)(F)F)CC2)c(OC)cn1. The van der Waals surface area contributed by atoms with Gasteiger partial charge < -0.3 is 10.1 Å². The first-order chi connectivity index (χ1) is 11.8. The van der Waals surface area contributed by atoms with Gasteiger partial charge in [-0.3, -0.25) is 4.79 Å². The van der Waals surface area contributed by atoms with Crippen LogP contribution in [0.3, 0.4) is 0 Å². The van der Waals surface area contributed by atoms with E-state index in [0.717, 1.165) is 6.08 Å². The zero-order valence-electron chi connectivity index (χ0n) is 14.0. The highest BCUT2D eigenvalue weighted by Crippen LogP contribution is 2.40. The molecule has 1 aromatic heterocycles. The normalized spacial score (nSPS) is 21.1. The number of rotatable bonds is 5. The lowest BCUT2D eigenvalue weighted by Gasteiger charge is -2.28. The van der Waals surface area contributed by atoms with E-state index in [1.807, 2.05) is 12.2 Å². The monoisotopic (exact) mass is 354 g/mol. The molecule has 0 radical (unpaired) electrons. The summed E-state index contributed by atoms with van der Waals surface area (Å²) in [4.78, 5) is 15.4. The van der Waals surface area contributed by atoms with Crippen molar-refractivity contribution >= 4 is 17.8 Å². The zero-order chi connectivity index (χ0) is 18.4. The molecule has 0 spiro atoms. The first-order valence-electron chi connectivity index (χ1n) is 8.06. The minimum Gasteiger partial charge on any atom is -0.495 e.